The maximum Gasteiger partial charge on any atom is 0.390 e. The van der Waals surface area contributed by atoms with Gasteiger partial charge >= 0.3 is 12.1 Å². The molecule has 0 saturated heterocycles. The Balaban J connectivity index is 2.67. The number of halogens is 3. The number of aromatic hydroxyl groups is 1. The highest BCUT2D eigenvalue weighted by molar-refractivity contribution is 5.91. The number of benzene rings is 1. The molecule has 0 spiro atoms. The maximum absolute atomic E-state index is 11.9. The van der Waals surface area contributed by atoms with Crippen molar-refractivity contribution < 1.29 is 28.2 Å². The Hall–Kier alpha value is -1.92. The van der Waals surface area contributed by atoms with E-state index in [1.165, 1.54) is 6.07 Å². The summed E-state index contributed by atoms with van der Waals surface area (Å²) in [4.78, 5) is 10.6. The summed E-state index contributed by atoms with van der Waals surface area (Å²) in [5, 5.41) is 20.3. The molecule has 0 heterocycles. The first-order valence-corrected chi connectivity index (χ1v) is 4.66. The highest BCUT2D eigenvalue weighted by Crippen LogP contribution is 2.23. The molecule has 0 fully saturated rings. The number of aromatic carboxylic acids is 1. The van der Waals surface area contributed by atoms with E-state index in [2.05, 4.69) is 5.32 Å². The molecule has 94 valence electrons. The molecule has 1 rings (SSSR count). The van der Waals surface area contributed by atoms with Gasteiger partial charge in [0.2, 0.25) is 0 Å². The van der Waals surface area contributed by atoms with Gasteiger partial charge < -0.3 is 15.5 Å². The highest BCUT2D eigenvalue weighted by atomic mass is 19.4. The number of nitrogens with one attached hydrogen (secondary N) is 1. The van der Waals surface area contributed by atoms with Crippen LogP contribution in [0.4, 0.5) is 18.9 Å². The number of carboxylic acids is 1. The van der Waals surface area contributed by atoms with Gasteiger partial charge in [-0.15, -0.1) is 0 Å². The van der Waals surface area contributed by atoms with Gasteiger partial charge in [-0.2, -0.15) is 13.2 Å². The van der Waals surface area contributed by atoms with Crippen LogP contribution in [-0.2, 0) is 0 Å². The lowest BCUT2D eigenvalue weighted by Gasteiger charge is -2.09. The highest BCUT2D eigenvalue weighted by Gasteiger charge is 2.26. The summed E-state index contributed by atoms with van der Waals surface area (Å²) in [5.74, 6) is -1.78. The molecular formula is C10H10F3NO3. The summed E-state index contributed by atoms with van der Waals surface area (Å²) in [6, 6.07) is 3.49. The zero-order valence-corrected chi connectivity index (χ0v) is 8.58. The molecule has 3 N–H and O–H groups in total. The molecular weight excluding hydrogens is 239 g/mol. The second kappa shape index (κ2) is 4.94. The zero-order chi connectivity index (χ0) is 13.1. The third-order valence-corrected chi connectivity index (χ3v) is 1.96. The van der Waals surface area contributed by atoms with Crippen molar-refractivity contribution in [3.8, 4) is 5.75 Å². The van der Waals surface area contributed by atoms with Crippen molar-refractivity contribution >= 4 is 11.7 Å². The molecule has 0 aliphatic carbocycles. The van der Waals surface area contributed by atoms with Gasteiger partial charge in [0, 0.05) is 12.2 Å². The Kier molecular flexibility index (Phi) is 3.82. The van der Waals surface area contributed by atoms with Crippen LogP contribution in [0.25, 0.3) is 0 Å². The smallest absolute Gasteiger partial charge is 0.390 e. The number of rotatable bonds is 4. The molecule has 0 bridgehead atoms. The fourth-order valence-electron chi connectivity index (χ4n) is 1.17. The first kappa shape index (κ1) is 13.1. The molecule has 0 amide bonds. The third-order valence-electron chi connectivity index (χ3n) is 1.96. The molecule has 0 aliphatic rings. The predicted molar refractivity (Wildman–Crippen MR) is 54.2 cm³/mol. The monoisotopic (exact) mass is 249 g/mol. The molecule has 0 unspecified atom stereocenters. The summed E-state index contributed by atoms with van der Waals surface area (Å²) in [6.07, 6.45) is -5.28. The maximum atomic E-state index is 11.9. The van der Waals surface area contributed by atoms with E-state index in [1.807, 2.05) is 0 Å². The van der Waals surface area contributed by atoms with Crippen LogP contribution in [0.5, 0.6) is 5.75 Å². The molecule has 17 heavy (non-hydrogen) atoms. The molecule has 0 saturated carbocycles. The minimum Gasteiger partial charge on any atom is -0.507 e. The van der Waals surface area contributed by atoms with Crippen molar-refractivity contribution in [3.05, 3.63) is 23.8 Å². The second-order valence-electron chi connectivity index (χ2n) is 3.33. The van der Waals surface area contributed by atoms with Gasteiger partial charge in [-0.3, -0.25) is 0 Å². The summed E-state index contributed by atoms with van der Waals surface area (Å²) >= 11 is 0. The summed E-state index contributed by atoms with van der Waals surface area (Å²) in [7, 11) is 0. The van der Waals surface area contributed by atoms with Crippen LogP contribution < -0.4 is 5.32 Å². The number of anilines is 1. The van der Waals surface area contributed by atoms with Crippen LogP contribution >= 0.6 is 0 Å². The molecule has 1 aromatic carbocycles. The van der Waals surface area contributed by atoms with E-state index in [4.69, 9.17) is 5.11 Å². The van der Waals surface area contributed by atoms with Crippen molar-refractivity contribution in [2.24, 2.45) is 0 Å². The van der Waals surface area contributed by atoms with E-state index in [-0.39, 0.29) is 17.8 Å². The SMILES string of the molecule is O=C(O)c1cc(NCCC(F)(F)F)ccc1O. The van der Waals surface area contributed by atoms with Crippen LogP contribution in [-0.4, -0.2) is 28.9 Å². The van der Waals surface area contributed by atoms with E-state index in [0.717, 1.165) is 12.1 Å². The normalized spacial score (nSPS) is 11.2. The Bertz CT molecular complexity index is 418. The van der Waals surface area contributed by atoms with E-state index in [9.17, 15) is 23.1 Å². The molecule has 0 radical (unpaired) electrons. The average Bonchev–Trinajstić information content (AvgIpc) is 2.18. The van der Waals surface area contributed by atoms with E-state index < -0.39 is 24.3 Å². The molecule has 1 aromatic rings. The zero-order valence-electron chi connectivity index (χ0n) is 8.58. The molecule has 0 aromatic heterocycles. The van der Waals surface area contributed by atoms with Gasteiger partial charge in [-0.1, -0.05) is 0 Å². The van der Waals surface area contributed by atoms with Gasteiger partial charge in [0.05, 0.1) is 6.42 Å². The van der Waals surface area contributed by atoms with Gasteiger partial charge in [-0.25, -0.2) is 4.79 Å². The first-order chi connectivity index (χ1) is 7.79. The van der Waals surface area contributed by atoms with Crippen LogP contribution in [0.2, 0.25) is 0 Å². The van der Waals surface area contributed by atoms with Crippen LogP contribution in [0.1, 0.15) is 16.8 Å². The van der Waals surface area contributed by atoms with Crippen molar-refractivity contribution in [2.45, 2.75) is 12.6 Å². The lowest BCUT2D eigenvalue weighted by Crippen LogP contribution is -2.14. The minimum atomic E-state index is -4.26. The number of phenols is 1. The van der Waals surface area contributed by atoms with Crippen molar-refractivity contribution in [1.29, 1.82) is 0 Å². The summed E-state index contributed by atoms with van der Waals surface area (Å²) in [6.45, 7) is -0.354. The largest absolute Gasteiger partial charge is 0.507 e. The lowest BCUT2D eigenvalue weighted by molar-refractivity contribution is -0.131. The minimum absolute atomic E-state index is 0.212. The van der Waals surface area contributed by atoms with E-state index >= 15 is 0 Å². The Morgan fingerprint density at radius 1 is 1.35 bits per heavy atom. The molecule has 4 nitrogen and oxygen atoms in total. The number of carbonyl (C=O) groups is 1. The first-order valence-electron chi connectivity index (χ1n) is 4.66. The Labute approximate surface area is 94.7 Å². The topological polar surface area (TPSA) is 69.6 Å². The van der Waals surface area contributed by atoms with Crippen LogP contribution in [0.3, 0.4) is 0 Å². The van der Waals surface area contributed by atoms with Crippen molar-refractivity contribution in [3.63, 3.8) is 0 Å². The van der Waals surface area contributed by atoms with Gasteiger partial charge in [-0.05, 0) is 18.2 Å². The van der Waals surface area contributed by atoms with Crippen molar-refractivity contribution in [2.75, 3.05) is 11.9 Å². The van der Waals surface area contributed by atoms with Gasteiger partial charge in [0.25, 0.3) is 0 Å². The number of alkyl halides is 3. The van der Waals surface area contributed by atoms with E-state index in [1.54, 1.807) is 0 Å². The second-order valence-corrected chi connectivity index (χ2v) is 3.33. The molecule has 0 aliphatic heterocycles. The fraction of sp³-hybridized carbons (Fsp3) is 0.300. The average molecular weight is 249 g/mol. The lowest BCUT2D eigenvalue weighted by atomic mass is 10.2. The van der Waals surface area contributed by atoms with Gasteiger partial charge in [0.1, 0.15) is 11.3 Å². The summed E-state index contributed by atoms with van der Waals surface area (Å²) in [5.41, 5.74) is -0.147. The molecule has 7 heteroatoms. The van der Waals surface area contributed by atoms with Gasteiger partial charge in [0.15, 0.2) is 0 Å². The third kappa shape index (κ3) is 4.21. The number of hydrogen-bond donors (Lipinski definition) is 3. The van der Waals surface area contributed by atoms with Crippen molar-refractivity contribution in [1.82, 2.24) is 0 Å². The molecule has 0 atom stereocenters. The quantitative estimate of drug-likeness (QED) is 0.717. The Morgan fingerprint density at radius 2 is 2.00 bits per heavy atom. The standard InChI is InChI=1S/C10H10F3NO3/c11-10(12,13)3-4-14-6-1-2-8(15)7(5-6)9(16)17/h1-2,5,14-15H,3-4H2,(H,16,17). The predicted octanol–water partition coefficient (Wildman–Crippen LogP) is 2.45. The number of hydrogen-bond acceptors (Lipinski definition) is 3. The number of carboxylic acid groups (broad SMARTS) is 1. The van der Waals surface area contributed by atoms with E-state index in [0.29, 0.717) is 0 Å². The fourth-order valence-corrected chi connectivity index (χ4v) is 1.17. The van der Waals surface area contributed by atoms with Crippen LogP contribution in [0.15, 0.2) is 18.2 Å². The van der Waals surface area contributed by atoms with Crippen LogP contribution in [0, 0.1) is 0 Å². The summed E-state index contributed by atoms with van der Waals surface area (Å²) < 4.78 is 35.6. The Morgan fingerprint density at radius 3 is 2.53 bits per heavy atom.